The smallest absolute Gasteiger partial charge is 0.407 e. The number of benzene rings is 2. The lowest BCUT2D eigenvalue weighted by Crippen LogP contribution is -2.34. The molecule has 0 fully saturated rings. The molecule has 0 aliphatic heterocycles. The summed E-state index contributed by atoms with van der Waals surface area (Å²) in [5.41, 5.74) is 4.76. The summed E-state index contributed by atoms with van der Waals surface area (Å²) in [4.78, 5) is 35.1. The van der Waals surface area contributed by atoms with Crippen LogP contribution in [0.15, 0.2) is 48.5 Å². The Balaban J connectivity index is 1.35. The maximum absolute atomic E-state index is 12.4. The molecule has 3 rings (SSSR count). The number of amides is 2. The fourth-order valence-corrected chi connectivity index (χ4v) is 4.92. The van der Waals surface area contributed by atoms with Crippen molar-refractivity contribution in [3.05, 3.63) is 59.7 Å². The third-order valence-corrected chi connectivity index (χ3v) is 7.14. The van der Waals surface area contributed by atoms with Gasteiger partial charge in [-0.25, -0.2) is 4.79 Å². The Kier molecular flexibility index (Phi) is 10.0. The van der Waals surface area contributed by atoms with Gasteiger partial charge in [-0.3, -0.25) is 9.59 Å². The summed E-state index contributed by atoms with van der Waals surface area (Å²) in [7, 11) is 0. The average molecular weight is 499 g/mol. The maximum Gasteiger partial charge on any atom is 0.407 e. The second kappa shape index (κ2) is 13.2. The molecule has 0 heterocycles. The minimum atomic E-state index is -0.851. The van der Waals surface area contributed by atoms with E-state index < -0.39 is 12.1 Å². The van der Waals surface area contributed by atoms with Crippen LogP contribution >= 0.6 is 11.8 Å². The number of thioether (sulfide) groups is 1. The van der Waals surface area contributed by atoms with Crippen LogP contribution < -0.4 is 10.6 Å². The Morgan fingerprint density at radius 2 is 1.63 bits per heavy atom. The number of fused-ring (bicyclic) bond motifs is 3. The fraction of sp³-hybridized carbons (Fsp3) is 0.444. The monoisotopic (exact) mass is 498 g/mol. The van der Waals surface area contributed by atoms with E-state index in [1.807, 2.05) is 38.1 Å². The van der Waals surface area contributed by atoms with Gasteiger partial charge < -0.3 is 20.5 Å². The lowest BCUT2D eigenvalue weighted by Gasteiger charge is -2.18. The first kappa shape index (κ1) is 26.6. The van der Waals surface area contributed by atoms with Crippen molar-refractivity contribution < 1.29 is 24.2 Å². The van der Waals surface area contributed by atoms with Gasteiger partial charge in [0.2, 0.25) is 5.91 Å². The fourth-order valence-electron chi connectivity index (χ4n) is 4.35. The molecule has 0 saturated carbocycles. The molecule has 3 N–H and O–H groups in total. The standard InChI is InChI=1S/C27H34N2O5S/c1-18(26(32)28-14-15-35-17-25(30)31)8-7-9-19(2)29-27(33)34-16-24-22-12-5-3-10-20(22)21-11-4-6-13-23(21)24/h3-6,10-13,18-19,24H,7-9,14-17H2,1-2H3,(H,28,32)(H,29,33)(H,30,31). The number of aliphatic carboxylic acids is 1. The van der Waals surface area contributed by atoms with Crippen molar-refractivity contribution in [1.29, 1.82) is 0 Å². The predicted molar refractivity (Wildman–Crippen MR) is 139 cm³/mol. The molecular formula is C27H34N2O5S. The number of hydrogen-bond acceptors (Lipinski definition) is 5. The van der Waals surface area contributed by atoms with Gasteiger partial charge in [0.15, 0.2) is 0 Å². The van der Waals surface area contributed by atoms with Crippen molar-refractivity contribution in [2.45, 2.75) is 45.1 Å². The molecule has 2 amide bonds. The highest BCUT2D eigenvalue weighted by Gasteiger charge is 2.29. The summed E-state index contributed by atoms with van der Waals surface area (Å²) in [6.07, 6.45) is 1.83. The number of carboxylic acids is 1. The molecule has 0 saturated heterocycles. The first-order valence-electron chi connectivity index (χ1n) is 12.1. The van der Waals surface area contributed by atoms with Crippen molar-refractivity contribution in [2.24, 2.45) is 5.92 Å². The highest BCUT2D eigenvalue weighted by molar-refractivity contribution is 7.99. The number of carbonyl (C=O) groups excluding carboxylic acids is 2. The van der Waals surface area contributed by atoms with Crippen molar-refractivity contribution in [2.75, 3.05) is 24.7 Å². The van der Waals surface area contributed by atoms with Crippen LogP contribution in [0, 0.1) is 5.92 Å². The molecule has 8 heteroatoms. The third kappa shape index (κ3) is 7.75. The van der Waals surface area contributed by atoms with Crippen LogP contribution in [-0.2, 0) is 14.3 Å². The largest absolute Gasteiger partial charge is 0.481 e. The first-order valence-corrected chi connectivity index (χ1v) is 13.2. The van der Waals surface area contributed by atoms with Gasteiger partial charge >= 0.3 is 12.1 Å². The Bertz CT molecular complexity index is 983. The highest BCUT2D eigenvalue weighted by atomic mass is 32.2. The quantitative estimate of drug-likeness (QED) is 0.347. The van der Waals surface area contributed by atoms with Gasteiger partial charge in [-0.2, -0.15) is 0 Å². The van der Waals surface area contributed by atoms with E-state index in [9.17, 15) is 14.4 Å². The Labute approximate surface area is 211 Å². The molecule has 2 unspecified atom stereocenters. The van der Waals surface area contributed by atoms with Crippen molar-refractivity contribution in [3.63, 3.8) is 0 Å². The summed E-state index contributed by atoms with van der Waals surface area (Å²) in [5, 5.41) is 14.4. The molecule has 0 bridgehead atoms. The van der Waals surface area contributed by atoms with Crippen LogP contribution in [0.4, 0.5) is 4.79 Å². The van der Waals surface area contributed by atoms with Crippen LogP contribution in [0.25, 0.3) is 11.1 Å². The van der Waals surface area contributed by atoms with Gasteiger partial charge in [-0.15, -0.1) is 11.8 Å². The lowest BCUT2D eigenvalue weighted by molar-refractivity contribution is -0.134. The van der Waals surface area contributed by atoms with Crippen LogP contribution in [0.5, 0.6) is 0 Å². The van der Waals surface area contributed by atoms with Crippen LogP contribution in [0.1, 0.15) is 50.2 Å². The van der Waals surface area contributed by atoms with E-state index in [2.05, 4.69) is 34.9 Å². The van der Waals surface area contributed by atoms with Gasteiger partial charge in [0, 0.05) is 30.2 Å². The summed E-state index contributed by atoms with van der Waals surface area (Å²) in [5.74, 6) is -0.369. The summed E-state index contributed by atoms with van der Waals surface area (Å²) < 4.78 is 5.60. The number of carbonyl (C=O) groups is 3. The zero-order valence-corrected chi connectivity index (χ0v) is 21.1. The molecule has 0 spiro atoms. The van der Waals surface area contributed by atoms with Gasteiger partial charge in [-0.1, -0.05) is 61.9 Å². The Morgan fingerprint density at radius 1 is 1.00 bits per heavy atom. The lowest BCUT2D eigenvalue weighted by atomic mass is 9.98. The minimum Gasteiger partial charge on any atom is -0.481 e. The number of alkyl carbamates (subject to hydrolysis) is 1. The molecule has 2 atom stereocenters. The molecule has 0 radical (unpaired) electrons. The molecule has 1 aliphatic carbocycles. The number of hydrogen-bond donors (Lipinski definition) is 3. The van der Waals surface area contributed by atoms with Crippen molar-refractivity contribution in [1.82, 2.24) is 10.6 Å². The Morgan fingerprint density at radius 3 is 2.26 bits per heavy atom. The molecule has 2 aromatic carbocycles. The number of rotatable bonds is 13. The third-order valence-electron chi connectivity index (χ3n) is 6.20. The SMILES string of the molecule is CC(CCCC(C)C(=O)NCCSCC(=O)O)NC(=O)OCC1c2ccccc2-c2ccccc21. The molecule has 35 heavy (non-hydrogen) atoms. The first-order chi connectivity index (χ1) is 16.9. The number of carboxylic acid groups (broad SMARTS) is 1. The van der Waals surface area contributed by atoms with Crippen LogP contribution in [0.2, 0.25) is 0 Å². The van der Waals surface area contributed by atoms with Crippen LogP contribution in [0.3, 0.4) is 0 Å². The van der Waals surface area contributed by atoms with Gasteiger partial charge in [0.25, 0.3) is 0 Å². The van der Waals surface area contributed by atoms with Gasteiger partial charge in [0.1, 0.15) is 6.61 Å². The van der Waals surface area contributed by atoms with E-state index in [0.29, 0.717) is 18.7 Å². The zero-order valence-electron chi connectivity index (χ0n) is 20.3. The average Bonchev–Trinajstić information content (AvgIpc) is 3.15. The number of nitrogens with one attached hydrogen (secondary N) is 2. The molecule has 2 aromatic rings. The summed E-state index contributed by atoms with van der Waals surface area (Å²) >= 11 is 1.28. The molecule has 0 aromatic heterocycles. The van der Waals surface area contributed by atoms with Crippen molar-refractivity contribution >= 4 is 29.7 Å². The molecule has 7 nitrogen and oxygen atoms in total. The molecular weight excluding hydrogens is 464 g/mol. The molecule has 1 aliphatic rings. The minimum absolute atomic E-state index is 0.0296. The van der Waals surface area contributed by atoms with E-state index in [1.165, 1.54) is 34.0 Å². The van der Waals surface area contributed by atoms with E-state index in [0.717, 1.165) is 12.8 Å². The predicted octanol–water partition coefficient (Wildman–Crippen LogP) is 4.65. The normalized spacial score (nSPS) is 13.9. The summed E-state index contributed by atoms with van der Waals surface area (Å²) in [6, 6.07) is 16.4. The number of ether oxygens (including phenoxy) is 1. The molecule has 188 valence electrons. The van der Waals surface area contributed by atoms with Gasteiger partial charge in [0.05, 0.1) is 5.75 Å². The van der Waals surface area contributed by atoms with E-state index in [4.69, 9.17) is 9.84 Å². The maximum atomic E-state index is 12.4. The summed E-state index contributed by atoms with van der Waals surface area (Å²) in [6.45, 7) is 4.56. The van der Waals surface area contributed by atoms with Crippen molar-refractivity contribution in [3.8, 4) is 11.1 Å². The Hall–Kier alpha value is -3.00. The second-order valence-electron chi connectivity index (χ2n) is 8.94. The zero-order chi connectivity index (χ0) is 25.2. The topological polar surface area (TPSA) is 105 Å². The van der Waals surface area contributed by atoms with E-state index in [-0.39, 0.29) is 36.1 Å². The van der Waals surface area contributed by atoms with E-state index in [1.54, 1.807) is 0 Å². The van der Waals surface area contributed by atoms with Crippen LogP contribution in [-0.4, -0.2) is 53.8 Å². The highest BCUT2D eigenvalue weighted by Crippen LogP contribution is 2.44. The van der Waals surface area contributed by atoms with E-state index >= 15 is 0 Å². The second-order valence-corrected chi connectivity index (χ2v) is 10.0. The van der Waals surface area contributed by atoms with Gasteiger partial charge in [-0.05, 0) is 42.0 Å².